The minimum absolute atomic E-state index is 0.0117. The van der Waals surface area contributed by atoms with Crippen LogP contribution in [0.1, 0.15) is 5.69 Å². The molecule has 29 heavy (non-hydrogen) atoms. The van der Waals surface area contributed by atoms with Crippen LogP contribution in [0.5, 0.6) is 0 Å². The Morgan fingerprint density at radius 1 is 1.17 bits per heavy atom. The van der Waals surface area contributed by atoms with Crippen molar-refractivity contribution in [1.29, 1.82) is 0 Å². The normalized spacial score (nSPS) is 11.6. The van der Waals surface area contributed by atoms with Crippen molar-refractivity contribution in [3.05, 3.63) is 71.3 Å². The lowest BCUT2D eigenvalue weighted by atomic mass is 10.2. The molecular formula is C19H16ClFN2O5S. The Kier molecular flexibility index (Phi) is 6.31. The van der Waals surface area contributed by atoms with Crippen LogP contribution in [0.2, 0.25) is 5.02 Å². The Hall–Kier alpha value is -2.75. The largest absolute Gasteiger partial charge is 0.458 e. The second-order valence-electron chi connectivity index (χ2n) is 6.03. The van der Waals surface area contributed by atoms with E-state index in [0.717, 1.165) is 4.31 Å². The summed E-state index contributed by atoms with van der Waals surface area (Å²) in [5.74, 6) is -0.887. The molecule has 0 unspecified atom stereocenters. The molecule has 0 saturated carbocycles. The maximum atomic E-state index is 13.0. The average molecular weight is 439 g/mol. The second-order valence-corrected chi connectivity index (χ2v) is 8.51. The first-order valence-electron chi connectivity index (χ1n) is 8.33. The van der Waals surface area contributed by atoms with E-state index in [9.17, 15) is 17.6 Å². The van der Waals surface area contributed by atoms with Crippen LogP contribution < -0.4 is 0 Å². The summed E-state index contributed by atoms with van der Waals surface area (Å²) in [5.41, 5.74) is 0.902. The summed E-state index contributed by atoms with van der Waals surface area (Å²) in [7, 11) is -2.59. The molecule has 3 rings (SSSR count). The Labute approximate surface area is 171 Å². The van der Waals surface area contributed by atoms with Gasteiger partial charge < -0.3 is 9.15 Å². The second kappa shape index (κ2) is 8.73. The first-order valence-corrected chi connectivity index (χ1v) is 10.2. The molecule has 0 aliphatic rings. The maximum Gasteiger partial charge on any atom is 0.321 e. The summed E-state index contributed by atoms with van der Waals surface area (Å²) in [6.07, 6.45) is 1.31. The van der Waals surface area contributed by atoms with Crippen molar-refractivity contribution < 1.29 is 26.8 Å². The standard InChI is InChI=1S/C19H16ClFN2O5S/c1-23(29(25,26)17-8-4-14(20)5-9-17)10-18(24)27-11-16-12-28-19(22-16)13-2-6-15(21)7-3-13/h2-9,12H,10-11H2,1H3. The molecule has 10 heteroatoms. The SMILES string of the molecule is CN(CC(=O)OCc1coc(-c2ccc(F)cc2)n1)S(=O)(=O)c1ccc(Cl)cc1. The van der Waals surface area contributed by atoms with Gasteiger partial charge in [0.05, 0.1) is 4.90 Å². The highest BCUT2D eigenvalue weighted by molar-refractivity contribution is 7.89. The fraction of sp³-hybridized carbons (Fsp3) is 0.158. The number of nitrogens with zero attached hydrogens (tertiary/aromatic N) is 2. The molecular weight excluding hydrogens is 423 g/mol. The molecule has 0 saturated heterocycles. The van der Waals surface area contributed by atoms with Crippen molar-refractivity contribution in [3.63, 3.8) is 0 Å². The predicted octanol–water partition coefficient (Wildman–Crippen LogP) is 3.50. The number of aromatic nitrogens is 1. The zero-order valence-electron chi connectivity index (χ0n) is 15.2. The van der Waals surface area contributed by atoms with Crippen LogP contribution in [0.4, 0.5) is 4.39 Å². The highest BCUT2D eigenvalue weighted by Crippen LogP contribution is 2.20. The molecule has 0 aliphatic heterocycles. The van der Waals surface area contributed by atoms with E-state index >= 15 is 0 Å². The van der Waals surface area contributed by atoms with Crippen LogP contribution in [0.15, 0.2) is 64.1 Å². The van der Waals surface area contributed by atoms with Gasteiger partial charge in [-0.25, -0.2) is 17.8 Å². The quantitative estimate of drug-likeness (QED) is 0.524. The number of likely N-dealkylation sites (N-methyl/N-ethyl adjacent to an activating group) is 1. The minimum Gasteiger partial charge on any atom is -0.458 e. The van der Waals surface area contributed by atoms with Crippen LogP contribution in [0.3, 0.4) is 0 Å². The first-order chi connectivity index (χ1) is 13.8. The molecule has 1 aromatic heterocycles. The van der Waals surface area contributed by atoms with E-state index in [2.05, 4.69) is 4.98 Å². The molecule has 0 fully saturated rings. The molecule has 152 valence electrons. The topological polar surface area (TPSA) is 89.7 Å². The highest BCUT2D eigenvalue weighted by atomic mass is 35.5. The van der Waals surface area contributed by atoms with Gasteiger partial charge in [0.15, 0.2) is 0 Å². The lowest BCUT2D eigenvalue weighted by Gasteiger charge is -2.16. The summed E-state index contributed by atoms with van der Waals surface area (Å²) in [4.78, 5) is 16.2. The molecule has 0 atom stereocenters. The van der Waals surface area contributed by atoms with Gasteiger partial charge in [0.25, 0.3) is 0 Å². The van der Waals surface area contributed by atoms with Crippen LogP contribution in [0.25, 0.3) is 11.5 Å². The highest BCUT2D eigenvalue weighted by Gasteiger charge is 2.23. The van der Waals surface area contributed by atoms with Crippen LogP contribution in [-0.4, -0.2) is 37.3 Å². The number of hydrogen-bond acceptors (Lipinski definition) is 6. The van der Waals surface area contributed by atoms with Crippen molar-refractivity contribution in [2.45, 2.75) is 11.5 Å². The van der Waals surface area contributed by atoms with E-state index in [1.54, 1.807) is 0 Å². The number of carbonyl (C=O) groups excluding carboxylic acids is 1. The summed E-state index contributed by atoms with van der Waals surface area (Å²) in [6, 6.07) is 11.2. The number of rotatable bonds is 7. The molecule has 0 amide bonds. The molecule has 7 nitrogen and oxygen atoms in total. The average Bonchev–Trinajstić information content (AvgIpc) is 3.16. The lowest BCUT2D eigenvalue weighted by molar-refractivity contribution is -0.145. The number of hydrogen-bond donors (Lipinski definition) is 0. The van der Waals surface area contributed by atoms with Crippen molar-refractivity contribution in [2.24, 2.45) is 0 Å². The fourth-order valence-electron chi connectivity index (χ4n) is 2.35. The molecule has 0 bridgehead atoms. The fourth-order valence-corrected chi connectivity index (χ4v) is 3.59. The first kappa shape index (κ1) is 21.0. The van der Waals surface area contributed by atoms with E-state index < -0.39 is 22.5 Å². The molecule has 0 aliphatic carbocycles. The van der Waals surface area contributed by atoms with Gasteiger partial charge in [-0.2, -0.15) is 4.31 Å². The Morgan fingerprint density at radius 3 is 2.48 bits per heavy atom. The molecule has 3 aromatic rings. The summed E-state index contributed by atoms with van der Waals surface area (Å²) >= 11 is 5.76. The Bertz CT molecular complexity index is 1100. The summed E-state index contributed by atoms with van der Waals surface area (Å²) < 4.78 is 49.1. The van der Waals surface area contributed by atoms with E-state index in [1.807, 2.05) is 0 Å². The third kappa shape index (κ3) is 5.20. The third-order valence-corrected chi connectivity index (χ3v) is 5.97. The number of oxazole rings is 1. The van der Waals surface area contributed by atoms with Gasteiger partial charge in [0.1, 0.15) is 30.9 Å². The number of halogens is 2. The summed E-state index contributed by atoms with van der Waals surface area (Å²) in [5, 5.41) is 0.402. The number of sulfonamides is 1. The number of esters is 1. The van der Waals surface area contributed by atoms with Crippen LogP contribution in [0, 0.1) is 5.82 Å². The minimum atomic E-state index is -3.86. The number of carbonyl (C=O) groups is 1. The monoisotopic (exact) mass is 438 g/mol. The van der Waals surface area contributed by atoms with Crippen molar-refractivity contribution in [2.75, 3.05) is 13.6 Å². The zero-order chi connectivity index (χ0) is 21.0. The van der Waals surface area contributed by atoms with E-state index in [0.29, 0.717) is 16.3 Å². The van der Waals surface area contributed by atoms with Gasteiger partial charge >= 0.3 is 5.97 Å². The zero-order valence-corrected chi connectivity index (χ0v) is 16.8. The van der Waals surface area contributed by atoms with Gasteiger partial charge in [-0.3, -0.25) is 4.79 Å². The Morgan fingerprint density at radius 2 is 1.83 bits per heavy atom. The molecule has 2 aromatic carbocycles. The van der Waals surface area contributed by atoms with E-state index in [1.165, 1.54) is 61.8 Å². The van der Waals surface area contributed by atoms with Crippen LogP contribution in [-0.2, 0) is 26.2 Å². The van der Waals surface area contributed by atoms with Gasteiger partial charge in [0, 0.05) is 17.6 Å². The van der Waals surface area contributed by atoms with E-state index in [-0.39, 0.29) is 23.2 Å². The predicted molar refractivity (Wildman–Crippen MR) is 103 cm³/mol. The molecule has 0 spiro atoms. The third-order valence-electron chi connectivity index (χ3n) is 3.90. The van der Waals surface area contributed by atoms with Crippen LogP contribution >= 0.6 is 11.6 Å². The number of ether oxygens (including phenoxy) is 1. The molecule has 1 heterocycles. The van der Waals surface area contributed by atoms with Crippen molar-refractivity contribution in [3.8, 4) is 11.5 Å². The van der Waals surface area contributed by atoms with Crippen molar-refractivity contribution in [1.82, 2.24) is 9.29 Å². The van der Waals surface area contributed by atoms with Gasteiger partial charge in [-0.05, 0) is 48.5 Å². The Balaban J connectivity index is 1.57. The van der Waals surface area contributed by atoms with E-state index in [4.69, 9.17) is 20.8 Å². The summed E-state index contributed by atoms with van der Waals surface area (Å²) in [6.45, 7) is -0.675. The maximum absolute atomic E-state index is 13.0. The number of benzene rings is 2. The van der Waals surface area contributed by atoms with Crippen molar-refractivity contribution >= 4 is 27.6 Å². The molecule has 0 N–H and O–H groups in total. The lowest BCUT2D eigenvalue weighted by Crippen LogP contribution is -2.33. The smallest absolute Gasteiger partial charge is 0.321 e. The van der Waals surface area contributed by atoms with Gasteiger partial charge in [-0.15, -0.1) is 0 Å². The molecule has 0 radical (unpaired) electrons. The van der Waals surface area contributed by atoms with Gasteiger partial charge in [0.2, 0.25) is 15.9 Å². The van der Waals surface area contributed by atoms with Gasteiger partial charge in [-0.1, -0.05) is 11.6 Å².